The van der Waals surface area contributed by atoms with Gasteiger partial charge in [-0.1, -0.05) is 31.2 Å². The van der Waals surface area contributed by atoms with Crippen LogP contribution in [-0.2, 0) is 4.79 Å². The number of ether oxygens (including phenoxy) is 3. The molecule has 0 unspecified atom stereocenters. The van der Waals surface area contributed by atoms with Gasteiger partial charge in [-0.05, 0) is 36.3 Å². The van der Waals surface area contributed by atoms with Crippen LogP contribution in [0.15, 0.2) is 48.5 Å². The summed E-state index contributed by atoms with van der Waals surface area (Å²) < 4.78 is 15.9. The summed E-state index contributed by atoms with van der Waals surface area (Å²) in [5.74, 6) is 1.86. The van der Waals surface area contributed by atoms with E-state index in [1.165, 1.54) is 6.08 Å². The van der Waals surface area contributed by atoms with E-state index in [9.17, 15) is 4.79 Å². The Kier molecular flexibility index (Phi) is 7.09. The third-order valence-electron chi connectivity index (χ3n) is 4.09. The quantitative estimate of drug-likeness (QED) is 0.728. The summed E-state index contributed by atoms with van der Waals surface area (Å²) in [4.78, 5) is 12.3. The normalized spacial score (nSPS) is 11.8. The number of carbonyl (C=O) groups excluding carboxylic acids is 1. The Balaban J connectivity index is 2.12. The van der Waals surface area contributed by atoms with Gasteiger partial charge in [0.25, 0.3) is 0 Å². The summed E-state index contributed by atoms with van der Waals surface area (Å²) in [7, 11) is 4.80. The van der Waals surface area contributed by atoms with Crippen LogP contribution in [0.4, 0.5) is 0 Å². The van der Waals surface area contributed by atoms with Crippen molar-refractivity contribution in [3.05, 3.63) is 59.7 Å². The summed E-state index contributed by atoms with van der Waals surface area (Å²) in [6, 6.07) is 13.1. The number of hydrogen-bond acceptors (Lipinski definition) is 4. The summed E-state index contributed by atoms with van der Waals surface area (Å²) in [6.45, 7) is 2.02. The first-order valence-corrected chi connectivity index (χ1v) is 8.46. The molecule has 0 heterocycles. The molecule has 2 aromatic rings. The zero-order chi connectivity index (χ0) is 18.9. The molecule has 2 rings (SSSR count). The summed E-state index contributed by atoms with van der Waals surface area (Å²) in [5.41, 5.74) is 1.81. The third-order valence-corrected chi connectivity index (χ3v) is 4.09. The lowest BCUT2D eigenvalue weighted by Gasteiger charge is -2.18. The molecule has 0 spiro atoms. The molecule has 0 bridgehead atoms. The Labute approximate surface area is 154 Å². The predicted molar refractivity (Wildman–Crippen MR) is 103 cm³/mol. The van der Waals surface area contributed by atoms with Gasteiger partial charge in [0, 0.05) is 11.6 Å². The fourth-order valence-corrected chi connectivity index (χ4v) is 2.68. The molecular weight excluding hydrogens is 330 g/mol. The Hall–Kier alpha value is -2.95. The number of nitrogens with one attached hydrogen (secondary N) is 1. The highest BCUT2D eigenvalue weighted by atomic mass is 16.5. The Bertz CT molecular complexity index is 770. The maximum atomic E-state index is 12.3. The van der Waals surface area contributed by atoms with Gasteiger partial charge >= 0.3 is 0 Å². The molecule has 1 amide bonds. The monoisotopic (exact) mass is 355 g/mol. The lowest BCUT2D eigenvalue weighted by atomic mass is 10.0. The van der Waals surface area contributed by atoms with Gasteiger partial charge in [0.2, 0.25) is 5.91 Å². The molecule has 0 aliphatic rings. The minimum absolute atomic E-state index is 0.121. The van der Waals surface area contributed by atoms with Crippen LogP contribution in [0, 0.1) is 0 Å². The first kappa shape index (κ1) is 19.4. The van der Waals surface area contributed by atoms with Crippen LogP contribution in [0.25, 0.3) is 6.08 Å². The van der Waals surface area contributed by atoms with E-state index in [0.29, 0.717) is 11.5 Å². The van der Waals surface area contributed by atoms with Crippen LogP contribution < -0.4 is 19.5 Å². The van der Waals surface area contributed by atoms with Crippen molar-refractivity contribution in [2.75, 3.05) is 21.3 Å². The van der Waals surface area contributed by atoms with Gasteiger partial charge in [-0.3, -0.25) is 4.79 Å². The maximum Gasteiger partial charge on any atom is 0.244 e. The standard InChI is InChI=1S/C21H25NO4/c1-5-17(16-10-12-19(25-3)20(14-16)26-4)22-21(23)13-11-15-8-6-7-9-18(15)24-2/h6-14,17H,5H2,1-4H3,(H,22,23)/b13-11+/t17-/m1/s1. The predicted octanol–water partition coefficient (Wildman–Crippen LogP) is 3.99. The fraction of sp³-hybridized carbons (Fsp3) is 0.286. The van der Waals surface area contributed by atoms with Crippen LogP contribution in [0.3, 0.4) is 0 Å². The van der Waals surface area contributed by atoms with Gasteiger partial charge in [0.05, 0.1) is 27.4 Å². The number of hydrogen-bond donors (Lipinski definition) is 1. The number of methoxy groups -OCH3 is 3. The van der Waals surface area contributed by atoms with E-state index in [-0.39, 0.29) is 11.9 Å². The molecule has 5 nitrogen and oxygen atoms in total. The summed E-state index contributed by atoms with van der Waals surface area (Å²) >= 11 is 0. The minimum Gasteiger partial charge on any atom is -0.496 e. The maximum absolute atomic E-state index is 12.3. The van der Waals surface area contributed by atoms with E-state index in [1.54, 1.807) is 27.4 Å². The van der Waals surface area contributed by atoms with Crippen LogP contribution in [-0.4, -0.2) is 27.2 Å². The molecule has 2 aromatic carbocycles. The lowest BCUT2D eigenvalue weighted by molar-refractivity contribution is -0.117. The van der Waals surface area contributed by atoms with Crippen LogP contribution in [0.1, 0.15) is 30.5 Å². The second kappa shape index (κ2) is 9.51. The SMILES string of the molecule is CC[C@@H](NC(=O)/C=C/c1ccccc1OC)c1ccc(OC)c(OC)c1. The highest BCUT2D eigenvalue weighted by Crippen LogP contribution is 2.30. The van der Waals surface area contributed by atoms with Gasteiger partial charge < -0.3 is 19.5 Å². The van der Waals surface area contributed by atoms with Crippen molar-refractivity contribution in [3.8, 4) is 17.2 Å². The average Bonchev–Trinajstić information content (AvgIpc) is 2.70. The second-order valence-electron chi connectivity index (χ2n) is 5.66. The van der Waals surface area contributed by atoms with Crippen LogP contribution in [0.5, 0.6) is 17.2 Å². The number of amides is 1. The van der Waals surface area contributed by atoms with E-state index >= 15 is 0 Å². The molecule has 0 radical (unpaired) electrons. The summed E-state index contributed by atoms with van der Waals surface area (Å²) in [6.07, 6.45) is 4.01. The zero-order valence-corrected chi connectivity index (χ0v) is 15.6. The van der Waals surface area contributed by atoms with Crippen molar-refractivity contribution >= 4 is 12.0 Å². The molecule has 1 N–H and O–H groups in total. The molecule has 0 saturated carbocycles. The Morgan fingerprint density at radius 2 is 1.69 bits per heavy atom. The molecule has 0 saturated heterocycles. The van der Waals surface area contributed by atoms with Crippen molar-refractivity contribution in [1.29, 1.82) is 0 Å². The van der Waals surface area contributed by atoms with Gasteiger partial charge in [-0.2, -0.15) is 0 Å². The van der Waals surface area contributed by atoms with Crippen molar-refractivity contribution in [1.82, 2.24) is 5.32 Å². The third kappa shape index (κ3) is 4.79. The van der Waals surface area contributed by atoms with E-state index < -0.39 is 0 Å². The first-order chi connectivity index (χ1) is 12.6. The van der Waals surface area contributed by atoms with E-state index in [4.69, 9.17) is 14.2 Å². The molecule has 5 heteroatoms. The number of carbonyl (C=O) groups is 1. The smallest absolute Gasteiger partial charge is 0.244 e. The molecule has 0 aliphatic carbocycles. The van der Waals surface area contributed by atoms with Crippen molar-refractivity contribution < 1.29 is 19.0 Å². The van der Waals surface area contributed by atoms with Crippen LogP contribution in [0.2, 0.25) is 0 Å². The topological polar surface area (TPSA) is 56.8 Å². The minimum atomic E-state index is -0.169. The number of rotatable bonds is 8. The van der Waals surface area contributed by atoms with Gasteiger partial charge in [-0.25, -0.2) is 0 Å². The molecule has 138 valence electrons. The number of benzene rings is 2. The highest BCUT2D eigenvalue weighted by Gasteiger charge is 2.14. The van der Waals surface area contributed by atoms with E-state index in [0.717, 1.165) is 23.3 Å². The largest absolute Gasteiger partial charge is 0.496 e. The molecule has 0 fully saturated rings. The van der Waals surface area contributed by atoms with E-state index in [2.05, 4.69) is 5.32 Å². The van der Waals surface area contributed by atoms with Crippen LogP contribution >= 0.6 is 0 Å². The molecular formula is C21H25NO4. The lowest BCUT2D eigenvalue weighted by Crippen LogP contribution is -2.26. The molecule has 26 heavy (non-hydrogen) atoms. The van der Waals surface area contributed by atoms with E-state index in [1.807, 2.05) is 49.4 Å². The van der Waals surface area contributed by atoms with Gasteiger partial charge in [0.1, 0.15) is 5.75 Å². The van der Waals surface area contributed by atoms with Crippen molar-refractivity contribution in [2.24, 2.45) is 0 Å². The molecule has 1 atom stereocenters. The second-order valence-corrected chi connectivity index (χ2v) is 5.66. The Morgan fingerprint density at radius 3 is 2.35 bits per heavy atom. The highest BCUT2D eigenvalue weighted by molar-refractivity contribution is 5.92. The Morgan fingerprint density at radius 1 is 1.00 bits per heavy atom. The molecule has 0 aliphatic heterocycles. The first-order valence-electron chi connectivity index (χ1n) is 8.46. The summed E-state index contributed by atoms with van der Waals surface area (Å²) in [5, 5.41) is 3.02. The fourth-order valence-electron chi connectivity index (χ4n) is 2.68. The zero-order valence-electron chi connectivity index (χ0n) is 15.6. The average molecular weight is 355 g/mol. The van der Waals surface area contributed by atoms with Crippen molar-refractivity contribution in [3.63, 3.8) is 0 Å². The molecule has 0 aromatic heterocycles. The number of para-hydroxylation sites is 1. The van der Waals surface area contributed by atoms with Gasteiger partial charge in [0.15, 0.2) is 11.5 Å². The van der Waals surface area contributed by atoms with Gasteiger partial charge in [-0.15, -0.1) is 0 Å². The van der Waals surface area contributed by atoms with Crippen molar-refractivity contribution in [2.45, 2.75) is 19.4 Å².